The molecule has 222 valence electrons. The van der Waals surface area contributed by atoms with E-state index in [2.05, 4.69) is 52.7 Å². The van der Waals surface area contributed by atoms with Crippen molar-refractivity contribution in [3.63, 3.8) is 0 Å². The van der Waals surface area contributed by atoms with Crippen molar-refractivity contribution in [1.29, 1.82) is 0 Å². The SMILES string of the molecule is CCO[C@H](C)COCc1ccc([C@H]2[C@H](COC)CNC[C@@H]2OCc2ccc3c(c2)N(CCCOC)CCO3)cc1. The highest BCUT2D eigenvalue weighted by Gasteiger charge is 2.35. The molecule has 2 aliphatic heterocycles. The van der Waals surface area contributed by atoms with Crippen LogP contribution in [0.5, 0.6) is 5.75 Å². The Bertz CT molecular complexity index is 1000. The van der Waals surface area contributed by atoms with Crippen molar-refractivity contribution >= 4 is 5.69 Å². The summed E-state index contributed by atoms with van der Waals surface area (Å²) in [5.41, 5.74) is 4.74. The van der Waals surface area contributed by atoms with Crippen LogP contribution in [-0.4, -0.2) is 85.6 Å². The third kappa shape index (κ3) is 8.65. The van der Waals surface area contributed by atoms with Crippen LogP contribution in [-0.2, 0) is 36.9 Å². The van der Waals surface area contributed by atoms with Crippen molar-refractivity contribution in [3.8, 4) is 5.75 Å². The molecule has 2 aromatic rings. The highest BCUT2D eigenvalue weighted by Crippen LogP contribution is 2.35. The fourth-order valence-electron chi connectivity index (χ4n) is 5.75. The van der Waals surface area contributed by atoms with Gasteiger partial charge in [-0.15, -0.1) is 0 Å². The summed E-state index contributed by atoms with van der Waals surface area (Å²) in [6, 6.07) is 15.2. The first kappa shape index (κ1) is 30.8. The fourth-order valence-corrected chi connectivity index (χ4v) is 5.75. The van der Waals surface area contributed by atoms with Crippen LogP contribution in [0.15, 0.2) is 42.5 Å². The molecule has 1 saturated heterocycles. The summed E-state index contributed by atoms with van der Waals surface area (Å²) in [4.78, 5) is 2.39. The number of piperidine rings is 1. The van der Waals surface area contributed by atoms with Crippen LogP contribution in [0, 0.1) is 5.92 Å². The van der Waals surface area contributed by atoms with Gasteiger partial charge in [0.05, 0.1) is 50.9 Å². The number of hydrogen-bond donors (Lipinski definition) is 1. The van der Waals surface area contributed by atoms with Gasteiger partial charge in [0.25, 0.3) is 0 Å². The molecule has 8 nitrogen and oxygen atoms in total. The Labute approximate surface area is 240 Å². The van der Waals surface area contributed by atoms with Crippen LogP contribution in [0.25, 0.3) is 0 Å². The van der Waals surface area contributed by atoms with Crippen LogP contribution in [0.4, 0.5) is 5.69 Å². The molecular formula is C32H48N2O6. The highest BCUT2D eigenvalue weighted by molar-refractivity contribution is 5.61. The second-order valence-electron chi connectivity index (χ2n) is 10.8. The summed E-state index contributed by atoms with van der Waals surface area (Å²) < 4.78 is 34.9. The second kappa shape index (κ2) is 16.3. The Hall–Kier alpha value is -2.20. The van der Waals surface area contributed by atoms with Gasteiger partial charge in [0.2, 0.25) is 0 Å². The second-order valence-corrected chi connectivity index (χ2v) is 10.8. The topological polar surface area (TPSA) is 70.7 Å². The van der Waals surface area contributed by atoms with E-state index >= 15 is 0 Å². The number of nitrogens with one attached hydrogen (secondary N) is 1. The largest absolute Gasteiger partial charge is 0.490 e. The third-order valence-electron chi connectivity index (χ3n) is 7.70. The maximum absolute atomic E-state index is 6.65. The first-order valence-electron chi connectivity index (χ1n) is 14.7. The van der Waals surface area contributed by atoms with Crippen molar-refractivity contribution < 1.29 is 28.4 Å². The first-order valence-corrected chi connectivity index (χ1v) is 14.7. The molecule has 0 bridgehead atoms. The van der Waals surface area contributed by atoms with Crippen LogP contribution in [0.1, 0.15) is 42.9 Å². The quantitative estimate of drug-likeness (QED) is 0.305. The van der Waals surface area contributed by atoms with Crippen molar-refractivity contribution in [2.24, 2.45) is 5.92 Å². The molecule has 40 heavy (non-hydrogen) atoms. The van der Waals surface area contributed by atoms with Gasteiger partial charge >= 0.3 is 0 Å². The normalized spacial score (nSPS) is 21.6. The molecule has 0 unspecified atom stereocenters. The maximum Gasteiger partial charge on any atom is 0.142 e. The summed E-state index contributed by atoms with van der Waals surface area (Å²) in [6.45, 7) is 12.2. The Balaban J connectivity index is 1.41. The van der Waals surface area contributed by atoms with E-state index in [1.54, 1.807) is 14.2 Å². The number of anilines is 1. The molecule has 4 rings (SSSR count). The monoisotopic (exact) mass is 556 g/mol. The van der Waals surface area contributed by atoms with Gasteiger partial charge in [-0.2, -0.15) is 0 Å². The Morgan fingerprint density at radius 3 is 2.62 bits per heavy atom. The average molecular weight is 557 g/mol. The Morgan fingerprint density at radius 1 is 1.02 bits per heavy atom. The van der Waals surface area contributed by atoms with Crippen LogP contribution < -0.4 is 15.0 Å². The lowest BCUT2D eigenvalue weighted by molar-refractivity contribution is -0.0193. The zero-order valence-electron chi connectivity index (χ0n) is 24.7. The third-order valence-corrected chi connectivity index (χ3v) is 7.70. The van der Waals surface area contributed by atoms with Crippen molar-refractivity contribution in [1.82, 2.24) is 5.32 Å². The minimum Gasteiger partial charge on any atom is -0.490 e. The molecule has 2 aliphatic rings. The first-order chi connectivity index (χ1) is 19.6. The number of fused-ring (bicyclic) bond motifs is 1. The van der Waals surface area contributed by atoms with Gasteiger partial charge in [0, 0.05) is 58.9 Å². The summed E-state index contributed by atoms with van der Waals surface area (Å²) in [5.74, 6) is 1.51. The number of benzene rings is 2. The molecule has 0 amide bonds. The summed E-state index contributed by atoms with van der Waals surface area (Å²) in [7, 11) is 3.53. The smallest absolute Gasteiger partial charge is 0.142 e. The van der Waals surface area contributed by atoms with Crippen LogP contribution >= 0.6 is 0 Å². The van der Waals surface area contributed by atoms with Crippen LogP contribution in [0.2, 0.25) is 0 Å². The minimum absolute atomic E-state index is 0.0353. The van der Waals surface area contributed by atoms with E-state index in [4.69, 9.17) is 28.4 Å². The molecule has 0 aromatic heterocycles. The highest BCUT2D eigenvalue weighted by atomic mass is 16.5. The molecule has 0 aliphatic carbocycles. The van der Waals surface area contributed by atoms with E-state index in [0.717, 1.165) is 61.8 Å². The molecular weight excluding hydrogens is 508 g/mol. The zero-order chi connectivity index (χ0) is 28.2. The lowest BCUT2D eigenvalue weighted by Crippen LogP contribution is -2.48. The molecule has 0 saturated carbocycles. The summed E-state index contributed by atoms with van der Waals surface area (Å²) in [6.07, 6.45) is 1.13. The van der Waals surface area contributed by atoms with E-state index in [0.29, 0.717) is 45.6 Å². The molecule has 4 atom stereocenters. The molecule has 2 heterocycles. The number of rotatable bonds is 16. The van der Waals surface area contributed by atoms with Crippen LogP contribution in [0.3, 0.4) is 0 Å². The van der Waals surface area contributed by atoms with Crippen molar-refractivity contribution in [2.75, 3.05) is 78.3 Å². The van der Waals surface area contributed by atoms with E-state index in [9.17, 15) is 0 Å². The predicted octanol–water partition coefficient (Wildman–Crippen LogP) is 4.40. The van der Waals surface area contributed by atoms with Gasteiger partial charge in [-0.3, -0.25) is 0 Å². The van der Waals surface area contributed by atoms with Gasteiger partial charge < -0.3 is 38.6 Å². The number of hydrogen-bond acceptors (Lipinski definition) is 8. The number of ether oxygens (including phenoxy) is 6. The maximum atomic E-state index is 6.65. The predicted molar refractivity (Wildman–Crippen MR) is 157 cm³/mol. The van der Waals surface area contributed by atoms with E-state index in [-0.39, 0.29) is 18.1 Å². The molecule has 2 aromatic carbocycles. The lowest BCUT2D eigenvalue weighted by atomic mass is 9.79. The Kier molecular flexibility index (Phi) is 12.5. The number of methoxy groups -OCH3 is 2. The lowest BCUT2D eigenvalue weighted by Gasteiger charge is -2.39. The van der Waals surface area contributed by atoms with Gasteiger partial charge in [-0.25, -0.2) is 0 Å². The molecule has 1 fully saturated rings. The van der Waals surface area contributed by atoms with Gasteiger partial charge in [-0.1, -0.05) is 30.3 Å². The fraction of sp³-hybridized carbons (Fsp3) is 0.625. The van der Waals surface area contributed by atoms with Gasteiger partial charge in [0.1, 0.15) is 12.4 Å². The standard InChI is InChI=1S/C32H48N2O6/c1-5-38-24(2)20-37-21-25-7-10-27(11-8-25)32-28(23-36-4)18-33-19-31(32)40-22-26-9-12-30-29(17-26)34(14-16-39-30)13-6-15-35-3/h7-12,17,24,28,31-33H,5-6,13-16,18-23H2,1-4H3/t24-,28+,31+,32+/m1/s1. The molecule has 0 spiro atoms. The molecule has 1 N–H and O–H groups in total. The molecule has 8 heteroatoms. The molecule has 0 radical (unpaired) electrons. The average Bonchev–Trinajstić information content (AvgIpc) is 2.97. The summed E-state index contributed by atoms with van der Waals surface area (Å²) in [5, 5.41) is 3.57. The van der Waals surface area contributed by atoms with Gasteiger partial charge in [0.15, 0.2) is 0 Å². The Morgan fingerprint density at radius 2 is 1.85 bits per heavy atom. The number of nitrogens with zero attached hydrogens (tertiary/aromatic N) is 1. The van der Waals surface area contributed by atoms with E-state index < -0.39 is 0 Å². The van der Waals surface area contributed by atoms with E-state index in [1.165, 1.54) is 5.56 Å². The summed E-state index contributed by atoms with van der Waals surface area (Å²) >= 11 is 0. The minimum atomic E-state index is 0.0353. The van der Waals surface area contributed by atoms with Crippen molar-refractivity contribution in [2.45, 2.75) is 51.6 Å². The van der Waals surface area contributed by atoms with E-state index in [1.807, 2.05) is 13.8 Å². The zero-order valence-corrected chi connectivity index (χ0v) is 24.7. The van der Waals surface area contributed by atoms with Gasteiger partial charge in [-0.05, 0) is 49.1 Å². The van der Waals surface area contributed by atoms with Crippen molar-refractivity contribution in [3.05, 3.63) is 59.2 Å².